The number of rotatable bonds is 10. The zero-order chi connectivity index (χ0) is 26.5. The van der Waals surface area contributed by atoms with Crippen molar-refractivity contribution < 1.29 is 18.0 Å². The first-order valence-electron chi connectivity index (χ1n) is 12.1. The van der Waals surface area contributed by atoms with Gasteiger partial charge in [-0.1, -0.05) is 73.2 Å². The Morgan fingerprint density at radius 1 is 0.972 bits per heavy atom. The number of carbonyl (C=O) groups is 2. The fraction of sp³-hybridized carbons (Fsp3) is 0.357. The van der Waals surface area contributed by atoms with E-state index in [-0.39, 0.29) is 18.5 Å². The van der Waals surface area contributed by atoms with Crippen molar-refractivity contribution in [2.24, 2.45) is 0 Å². The number of benzene rings is 3. The van der Waals surface area contributed by atoms with Crippen molar-refractivity contribution in [3.8, 4) is 0 Å². The molecule has 3 aromatic rings. The summed E-state index contributed by atoms with van der Waals surface area (Å²) in [5.74, 6) is -0.733. The lowest BCUT2D eigenvalue weighted by Gasteiger charge is -2.32. The summed E-state index contributed by atoms with van der Waals surface area (Å²) >= 11 is 0. The van der Waals surface area contributed by atoms with Gasteiger partial charge in [0.05, 0.1) is 11.9 Å². The summed E-state index contributed by atoms with van der Waals surface area (Å²) < 4.78 is 26.9. The molecule has 0 bridgehead atoms. The molecule has 0 unspecified atom stereocenters. The molecule has 0 heterocycles. The molecule has 0 saturated heterocycles. The van der Waals surface area contributed by atoms with Gasteiger partial charge in [-0.25, -0.2) is 8.42 Å². The number of fused-ring (bicyclic) bond motifs is 1. The van der Waals surface area contributed by atoms with Crippen LogP contribution in [-0.2, 0) is 26.2 Å². The molecule has 1 N–H and O–H groups in total. The minimum Gasteiger partial charge on any atom is -0.352 e. The number of carbonyl (C=O) groups excluding carboxylic acids is 2. The number of hydrogen-bond donors (Lipinski definition) is 1. The van der Waals surface area contributed by atoms with Crippen LogP contribution in [0, 0.1) is 6.92 Å². The zero-order valence-corrected chi connectivity index (χ0v) is 22.4. The van der Waals surface area contributed by atoms with Gasteiger partial charge in [0.25, 0.3) is 0 Å². The summed E-state index contributed by atoms with van der Waals surface area (Å²) in [6.07, 6.45) is 1.85. The number of hydrogen-bond acceptors (Lipinski definition) is 4. The minimum atomic E-state index is -3.80. The molecule has 0 aliphatic heterocycles. The summed E-state index contributed by atoms with van der Waals surface area (Å²) in [5, 5.41) is 4.53. The quantitative estimate of drug-likeness (QED) is 0.443. The monoisotopic (exact) mass is 509 g/mol. The molecule has 0 fully saturated rings. The van der Waals surface area contributed by atoms with E-state index in [1.165, 1.54) is 4.90 Å². The number of anilines is 1. The highest BCUT2D eigenvalue weighted by Gasteiger charge is 2.31. The fourth-order valence-corrected chi connectivity index (χ4v) is 4.94. The van der Waals surface area contributed by atoms with Crippen molar-refractivity contribution in [1.82, 2.24) is 10.2 Å². The molecule has 36 heavy (non-hydrogen) atoms. The lowest BCUT2D eigenvalue weighted by atomic mass is 10.1. The molecule has 2 amide bonds. The molecule has 0 spiro atoms. The van der Waals surface area contributed by atoms with Gasteiger partial charge in [-0.2, -0.15) is 0 Å². The van der Waals surface area contributed by atoms with Crippen molar-refractivity contribution >= 4 is 38.3 Å². The average Bonchev–Trinajstić information content (AvgIpc) is 2.84. The summed E-state index contributed by atoms with van der Waals surface area (Å²) in [7, 11) is -3.80. The first-order valence-corrected chi connectivity index (χ1v) is 14.0. The smallest absolute Gasteiger partial charge is 0.244 e. The van der Waals surface area contributed by atoms with Crippen LogP contribution in [0.1, 0.15) is 38.3 Å². The average molecular weight is 510 g/mol. The number of nitrogens with one attached hydrogen (secondary N) is 1. The molecular weight excluding hydrogens is 474 g/mol. The van der Waals surface area contributed by atoms with E-state index >= 15 is 0 Å². The molecule has 192 valence electrons. The van der Waals surface area contributed by atoms with Crippen molar-refractivity contribution in [3.63, 3.8) is 0 Å². The second-order valence-corrected chi connectivity index (χ2v) is 11.2. The summed E-state index contributed by atoms with van der Waals surface area (Å²) in [4.78, 5) is 28.2. The molecule has 0 aliphatic carbocycles. The Labute approximate surface area is 214 Å². The number of aryl methyl sites for hydroxylation is 1. The molecule has 0 radical (unpaired) electrons. The second kappa shape index (κ2) is 11.6. The van der Waals surface area contributed by atoms with E-state index in [1.54, 1.807) is 19.1 Å². The van der Waals surface area contributed by atoms with Crippen LogP contribution in [-0.4, -0.2) is 50.0 Å². The summed E-state index contributed by atoms with van der Waals surface area (Å²) in [6, 6.07) is 19.7. The van der Waals surface area contributed by atoms with E-state index in [0.717, 1.165) is 38.9 Å². The van der Waals surface area contributed by atoms with Crippen LogP contribution in [0.15, 0.2) is 66.7 Å². The first-order chi connectivity index (χ1) is 17.0. The van der Waals surface area contributed by atoms with Gasteiger partial charge in [-0.05, 0) is 44.2 Å². The third-order valence-electron chi connectivity index (χ3n) is 6.32. The van der Waals surface area contributed by atoms with Crippen LogP contribution in [0.3, 0.4) is 0 Å². The van der Waals surface area contributed by atoms with Crippen molar-refractivity contribution in [2.45, 2.75) is 52.7 Å². The summed E-state index contributed by atoms with van der Waals surface area (Å²) in [6.45, 7) is 7.28. The first kappa shape index (κ1) is 27.2. The Kier molecular flexibility index (Phi) is 8.74. The van der Waals surface area contributed by atoms with Crippen LogP contribution in [0.5, 0.6) is 0 Å². The molecule has 0 aromatic heterocycles. The van der Waals surface area contributed by atoms with Gasteiger partial charge in [-0.15, -0.1) is 0 Å². The lowest BCUT2D eigenvalue weighted by molar-refractivity contribution is -0.139. The largest absolute Gasteiger partial charge is 0.352 e. The van der Waals surface area contributed by atoms with E-state index in [4.69, 9.17) is 0 Å². The minimum absolute atomic E-state index is 0.0425. The third kappa shape index (κ3) is 6.63. The molecule has 0 aliphatic rings. The van der Waals surface area contributed by atoms with Gasteiger partial charge in [-0.3, -0.25) is 13.9 Å². The molecule has 8 heteroatoms. The van der Waals surface area contributed by atoms with Crippen LogP contribution in [0.25, 0.3) is 10.8 Å². The molecule has 7 nitrogen and oxygen atoms in total. The highest BCUT2D eigenvalue weighted by atomic mass is 32.2. The number of sulfonamides is 1. The second-order valence-electron chi connectivity index (χ2n) is 9.27. The normalized spacial score (nSPS) is 13.1. The van der Waals surface area contributed by atoms with Gasteiger partial charge < -0.3 is 10.2 Å². The Morgan fingerprint density at radius 2 is 1.64 bits per heavy atom. The maximum atomic E-state index is 13.7. The maximum Gasteiger partial charge on any atom is 0.244 e. The lowest BCUT2D eigenvalue weighted by Crippen LogP contribution is -2.52. The Morgan fingerprint density at radius 3 is 2.31 bits per heavy atom. The third-order valence-corrected chi connectivity index (χ3v) is 7.44. The van der Waals surface area contributed by atoms with Gasteiger partial charge in [0, 0.05) is 18.0 Å². The number of amides is 2. The van der Waals surface area contributed by atoms with Crippen molar-refractivity contribution in [2.75, 3.05) is 17.1 Å². The summed E-state index contributed by atoms with van der Waals surface area (Å²) in [5.41, 5.74) is 2.32. The Hall–Kier alpha value is -3.39. The van der Waals surface area contributed by atoms with Gasteiger partial charge in [0.1, 0.15) is 12.6 Å². The van der Waals surface area contributed by atoms with E-state index in [2.05, 4.69) is 5.32 Å². The van der Waals surface area contributed by atoms with Crippen LogP contribution in [0.4, 0.5) is 5.69 Å². The standard InChI is InChI=1S/C28H35N3O4S/c1-6-21(3)29-28(33)22(4)30(18-23-12-9-11-20(2)17-23)27(32)19-31(36(5,34)35)26-16-10-14-24-13-7-8-15-25(24)26/h7-17,21-22H,6,18-19H2,1-5H3,(H,29,33)/t21-,22+/m1/s1. The molecular formula is C28H35N3O4S. The number of nitrogens with zero attached hydrogens (tertiary/aromatic N) is 2. The van der Waals surface area contributed by atoms with Crippen LogP contribution < -0.4 is 9.62 Å². The van der Waals surface area contributed by atoms with E-state index < -0.39 is 28.5 Å². The van der Waals surface area contributed by atoms with E-state index in [0.29, 0.717) is 5.69 Å². The highest BCUT2D eigenvalue weighted by Crippen LogP contribution is 2.28. The van der Waals surface area contributed by atoms with Gasteiger partial charge in [0.2, 0.25) is 21.8 Å². The van der Waals surface area contributed by atoms with E-state index in [1.807, 2.05) is 75.4 Å². The molecule has 3 rings (SSSR count). The maximum absolute atomic E-state index is 13.7. The SMILES string of the molecule is CC[C@@H](C)NC(=O)[C@H](C)N(Cc1cccc(C)c1)C(=O)CN(c1cccc2ccccc12)S(C)(=O)=O. The Bertz CT molecular complexity index is 1330. The molecule has 2 atom stereocenters. The Balaban J connectivity index is 1.99. The van der Waals surface area contributed by atoms with Gasteiger partial charge >= 0.3 is 0 Å². The van der Waals surface area contributed by atoms with Crippen LogP contribution in [0.2, 0.25) is 0 Å². The highest BCUT2D eigenvalue weighted by molar-refractivity contribution is 7.92. The predicted octanol–water partition coefficient (Wildman–Crippen LogP) is 4.25. The molecule has 3 aromatic carbocycles. The topological polar surface area (TPSA) is 86.8 Å². The predicted molar refractivity (Wildman–Crippen MR) is 145 cm³/mol. The van der Waals surface area contributed by atoms with Crippen molar-refractivity contribution in [3.05, 3.63) is 77.9 Å². The van der Waals surface area contributed by atoms with E-state index in [9.17, 15) is 18.0 Å². The fourth-order valence-electron chi connectivity index (χ4n) is 4.08. The van der Waals surface area contributed by atoms with Crippen molar-refractivity contribution in [1.29, 1.82) is 0 Å². The zero-order valence-electron chi connectivity index (χ0n) is 21.6. The van der Waals surface area contributed by atoms with Gasteiger partial charge in [0.15, 0.2) is 0 Å². The van der Waals surface area contributed by atoms with Crippen LogP contribution >= 0.6 is 0 Å². The molecule has 0 saturated carbocycles.